The van der Waals surface area contributed by atoms with Gasteiger partial charge in [-0.05, 0) is 19.1 Å². The summed E-state index contributed by atoms with van der Waals surface area (Å²) in [6, 6.07) is 20.5. The van der Waals surface area contributed by atoms with E-state index in [1.54, 1.807) is 11.3 Å². The number of benzene rings is 2. The Morgan fingerprint density at radius 3 is 2.10 bits per heavy atom. The molecule has 5 rings (SSSR count). The molecule has 4 aromatic rings. The van der Waals surface area contributed by atoms with E-state index >= 15 is 0 Å². The summed E-state index contributed by atoms with van der Waals surface area (Å²) in [5.41, 5.74) is 4.43. The Bertz CT molecular complexity index is 1110. The number of piperazine rings is 1. The zero-order valence-corrected chi connectivity index (χ0v) is 18.5. The lowest BCUT2D eigenvalue weighted by Crippen LogP contribution is -2.45. The highest BCUT2D eigenvalue weighted by Crippen LogP contribution is 2.25. The molecule has 0 N–H and O–H groups in total. The molecule has 0 radical (unpaired) electrons. The Kier molecular flexibility index (Phi) is 5.93. The van der Waals surface area contributed by atoms with Gasteiger partial charge in [0.1, 0.15) is 10.8 Å². The molecule has 1 aliphatic rings. The van der Waals surface area contributed by atoms with Crippen LogP contribution in [0.4, 0.5) is 0 Å². The van der Waals surface area contributed by atoms with E-state index in [-0.39, 0.29) is 0 Å². The molecule has 1 saturated heterocycles. The molecule has 0 amide bonds. The van der Waals surface area contributed by atoms with E-state index in [1.807, 2.05) is 43.3 Å². The predicted molar refractivity (Wildman–Crippen MR) is 125 cm³/mol. The number of aromatic nitrogens is 2. The van der Waals surface area contributed by atoms with Crippen molar-refractivity contribution in [2.75, 3.05) is 26.2 Å². The van der Waals surface area contributed by atoms with E-state index in [0.717, 1.165) is 67.0 Å². The van der Waals surface area contributed by atoms with Gasteiger partial charge in [0.2, 0.25) is 5.89 Å². The topological polar surface area (TPSA) is 45.4 Å². The van der Waals surface area contributed by atoms with Crippen LogP contribution in [0.5, 0.6) is 0 Å². The molecule has 3 heterocycles. The summed E-state index contributed by atoms with van der Waals surface area (Å²) in [4.78, 5) is 14.6. The quantitative estimate of drug-likeness (QED) is 0.426. The van der Waals surface area contributed by atoms with Crippen molar-refractivity contribution >= 4 is 11.3 Å². The average Bonchev–Trinajstić information content (AvgIpc) is 3.43. The lowest BCUT2D eigenvalue weighted by atomic mass is 10.2. The number of nitrogens with zero attached hydrogens (tertiary/aromatic N) is 4. The fourth-order valence-corrected chi connectivity index (χ4v) is 4.74. The highest BCUT2D eigenvalue weighted by Gasteiger charge is 2.21. The van der Waals surface area contributed by atoms with Gasteiger partial charge in [-0.15, -0.1) is 11.3 Å². The highest BCUT2D eigenvalue weighted by atomic mass is 32.1. The van der Waals surface area contributed by atoms with Crippen LogP contribution in [0.1, 0.15) is 17.1 Å². The normalized spacial score (nSPS) is 15.4. The average molecular weight is 431 g/mol. The molecule has 0 aliphatic carbocycles. The SMILES string of the molecule is Cc1oc(-c2ccccc2)nc1CN1CCN(Cc2csc(-c3ccccc3)n2)CC1. The van der Waals surface area contributed by atoms with Gasteiger partial charge in [-0.2, -0.15) is 0 Å². The molecule has 2 aromatic heterocycles. The summed E-state index contributed by atoms with van der Waals surface area (Å²) in [7, 11) is 0. The molecule has 1 fully saturated rings. The van der Waals surface area contributed by atoms with Crippen molar-refractivity contribution in [1.29, 1.82) is 0 Å². The smallest absolute Gasteiger partial charge is 0.226 e. The number of thiazole rings is 1. The van der Waals surface area contributed by atoms with Gasteiger partial charge < -0.3 is 4.42 Å². The molecule has 0 saturated carbocycles. The number of aryl methyl sites for hydroxylation is 1. The van der Waals surface area contributed by atoms with Gasteiger partial charge >= 0.3 is 0 Å². The van der Waals surface area contributed by atoms with E-state index in [4.69, 9.17) is 14.4 Å². The Labute approximate surface area is 187 Å². The van der Waals surface area contributed by atoms with E-state index in [1.165, 1.54) is 5.56 Å². The Morgan fingerprint density at radius 2 is 1.42 bits per heavy atom. The summed E-state index contributed by atoms with van der Waals surface area (Å²) >= 11 is 1.73. The van der Waals surface area contributed by atoms with Gasteiger partial charge in [-0.25, -0.2) is 9.97 Å². The minimum atomic E-state index is 0.712. The maximum Gasteiger partial charge on any atom is 0.226 e. The first-order chi connectivity index (χ1) is 15.2. The Hall–Kier alpha value is -2.80. The summed E-state index contributed by atoms with van der Waals surface area (Å²) in [6.45, 7) is 7.91. The molecule has 6 heteroatoms. The molecule has 0 atom stereocenters. The molecule has 0 unspecified atom stereocenters. The molecule has 2 aromatic carbocycles. The second-order valence-electron chi connectivity index (χ2n) is 7.95. The number of hydrogen-bond acceptors (Lipinski definition) is 6. The van der Waals surface area contributed by atoms with Gasteiger partial charge in [0.15, 0.2) is 0 Å². The minimum Gasteiger partial charge on any atom is -0.441 e. The molecule has 158 valence electrons. The molecular weight excluding hydrogens is 404 g/mol. The lowest BCUT2D eigenvalue weighted by Gasteiger charge is -2.33. The fourth-order valence-electron chi connectivity index (χ4n) is 3.92. The van der Waals surface area contributed by atoms with E-state index in [2.05, 4.69) is 39.4 Å². The zero-order chi connectivity index (χ0) is 21.0. The van der Waals surface area contributed by atoms with Crippen LogP contribution in [0, 0.1) is 6.92 Å². The summed E-state index contributed by atoms with van der Waals surface area (Å²) in [6.07, 6.45) is 0. The van der Waals surface area contributed by atoms with Gasteiger partial charge in [-0.3, -0.25) is 9.80 Å². The second-order valence-corrected chi connectivity index (χ2v) is 8.81. The van der Waals surface area contributed by atoms with Gasteiger partial charge in [0.05, 0.1) is 11.4 Å². The monoisotopic (exact) mass is 430 g/mol. The van der Waals surface area contributed by atoms with Crippen LogP contribution in [0.3, 0.4) is 0 Å². The van der Waals surface area contributed by atoms with Gasteiger partial charge in [0.25, 0.3) is 0 Å². The number of hydrogen-bond donors (Lipinski definition) is 0. The lowest BCUT2D eigenvalue weighted by molar-refractivity contribution is 0.120. The van der Waals surface area contributed by atoms with Crippen LogP contribution in [-0.4, -0.2) is 45.9 Å². The van der Waals surface area contributed by atoms with Crippen molar-refractivity contribution in [3.8, 4) is 22.0 Å². The van der Waals surface area contributed by atoms with Crippen LogP contribution in [0.25, 0.3) is 22.0 Å². The van der Waals surface area contributed by atoms with E-state index < -0.39 is 0 Å². The molecule has 1 aliphatic heterocycles. The van der Waals surface area contributed by atoms with Crippen LogP contribution in [0.15, 0.2) is 70.5 Å². The van der Waals surface area contributed by atoms with Crippen molar-refractivity contribution in [2.24, 2.45) is 0 Å². The highest BCUT2D eigenvalue weighted by molar-refractivity contribution is 7.13. The third kappa shape index (κ3) is 4.77. The minimum absolute atomic E-state index is 0.712. The van der Waals surface area contributed by atoms with Crippen LogP contribution < -0.4 is 0 Å². The first-order valence-electron chi connectivity index (χ1n) is 10.7. The third-order valence-electron chi connectivity index (χ3n) is 5.71. The van der Waals surface area contributed by atoms with Crippen molar-refractivity contribution in [3.63, 3.8) is 0 Å². The summed E-state index contributed by atoms with van der Waals surface area (Å²) in [5.74, 6) is 1.63. The number of oxazole rings is 1. The van der Waals surface area contributed by atoms with Crippen LogP contribution in [-0.2, 0) is 13.1 Å². The maximum absolute atomic E-state index is 5.93. The van der Waals surface area contributed by atoms with E-state index in [9.17, 15) is 0 Å². The summed E-state index contributed by atoms with van der Waals surface area (Å²) < 4.78 is 5.93. The Morgan fingerprint density at radius 1 is 0.806 bits per heavy atom. The Balaban J connectivity index is 1.15. The first kappa shape index (κ1) is 20.1. The number of rotatable bonds is 6. The standard InChI is InChI=1S/C25H26N4OS/c1-19-23(27-24(30-19)20-8-4-2-5-9-20)17-29-14-12-28(13-15-29)16-22-18-31-25(26-22)21-10-6-3-7-11-21/h2-11,18H,12-17H2,1H3. The van der Waals surface area contributed by atoms with E-state index in [0.29, 0.717) is 5.89 Å². The first-order valence-corrected chi connectivity index (χ1v) is 11.6. The zero-order valence-electron chi connectivity index (χ0n) is 17.7. The van der Waals surface area contributed by atoms with Crippen molar-refractivity contribution in [1.82, 2.24) is 19.8 Å². The van der Waals surface area contributed by atoms with Gasteiger partial charge in [-0.1, -0.05) is 48.5 Å². The maximum atomic E-state index is 5.93. The summed E-state index contributed by atoms with van der Waals surface area (Å²) in [5, 5.41) is 3.29. The third-order valence-corrected chi connectivity index (χ3v) is 6.65. The second kappa shape index (κ2) is 9.14. The molecule has 0 bridgehead atoms. The molecule has 31 heavy (non-hydrogen) atoms. The van der Waals surface area contributed by atoms with Crippen molar-refractivity contribution in [2.45, 2.75) is 20.0 Å². The van der Waals surface area contributed by atoms with Gasteiger partial charge in [0, 0.05) is 55.8 Å². The fraction of sp³-hybridized carbons (Fsp3) is 0.280. The van der Waals surface area contributed by atoms with Crippen LogP contribution in [0.2, 0.25) is 0 Å². The van der Waals surface area contributed by atoms with Crippen LogP contribution >= 0.6 is 11.3 Å². The largest absolute Gasteiger partial charge is 0.441 e. The molecular formula is C25H26N4OS. The molecule has 5 nitrogen and oxygen atoms in total. The van der Waals surface area contributed by atoms with Crippen molar-refractivity contribution in [3.05, 3.63) is 83.2 Å². The van der Waals surface area contributed by atoms with Crippen molar-refractivity contribution < 1.29 is 4.42 Å². The predicted octanol–water partition coefficient (Wildman–Crippen LogP) is 5.09. The molecule has 0 spiro atoms.